The van der Waals surface area contributed by atoms with E-state index in [1.54, 1.807) is 11.3 Å². The molecule has 0 amide bonds. The van der Waals surface area contributed by atoms with E-state index in [9.17, 15) is 4.39 Å². The number of imidazole rings is 1. The molecule has 0 fully saturated rings. The number of nitrogens with zero attached hydrogens (tertiary/aromatic N) is 3. The summed E-state index contributed by atoms with van der Waals surface area (Å²) in [6, 6.07) is 70.2. The molecule has 0 aliphatic carbocycles. The van der Waals surface area contributed by atoms with Gasteiger partial charge < -0.3 is 9.55 Å². The number of rotatable bonds is 8. The van der Waals surface area contributed by atoms with E-state index in [2.05, 4.69) is 169 Å². The molecule has 0 N–H and O–H groups in total. The SMILES string of the molecule is Fc1ccc(-c2ccc3c(c2)sc2c(-c4nc5ccccc5n4-c4c(-c5ccccc5)cccc4-c4ccccc4)[c-]ccc23)cc1.[2H]C(C)(C)c1cc(-c2[c-]cccc2)ncc1[Si](C)(C)C.[Ir]. The molecule has 0 bridgehead atoms. The first-order valence-electron chi connectivity index (χ1n) is 22.8. The molecule has 0 spiro atoms. The van der Waals surface area contributed by atoms with Gasteiger partial charge in [0.25, 0.3) is 0 Å². The molecule has 0 aliphatic rings. The Balaban J connectivity index is 0.000000232. The Hall–Kier alpha value is -6.60. The van der Waals surface area contributed by atoms with Crippen molar-refractivity contribution in [1.82, 2.24) is 14.5 Å². The van der Waals surface area contributed by atoms with Crippen LogP contribution < -0.4 is 5.19 Å². The number of para-hydroxylation sites is 3. The molecule has 0 aliphatic heterocycles. The maximum atomic E-state index is 13.7. The first-order chi connectivity index (χ1) is 32.4. The zero-order valence-corrected chi connectivity index (χ0v) is 42.1. The van der Waals surface area contributed by atoms with Crippen molar-refractivity contribution in [2.24, 2.45) is 0 Å². The summed E-state index contributed by atoms with van der Waals surface area (Å²) in [5.41, 5.74) is 13.6. The van der Waals surface area contributed by atoms with Gasteiger partial charge in [-0.1, -0.05) is 171 Å². The summed E-state index contributed by atoms with van der Waals surface area (Å²) in [6.07, 6.45) is 1.98. The number of thiophene rings is 1. The van der Waals surface area contributed by atoms with Gasteiger partial charge in [0.15, 0.2) is 0 Å². The van der Waals surface area contributed by atoms with Crippen molar-refractivity contribution in [3.63, 3.8) is 0 Å². The summed E-state index contributed by atoms with van der Waals surface area (Å²) in [6.45, 7) is 10.8. The van der Waals surface area contributed by atoms with Crippen LogP contribution in [0.3, 0.4) is 0 Å². The van der Waals surface area contributed by atoms with Crippen LogP contribution in [-0.4, -0.2) is 22.6 Å². The normalized spacial score (nSPS) is 11.8. The molecule has 8 aromatic carbocycles. The van der Waals surface area contributed by atoms with Crippen molar-refractivity contribution in [2.75, 3.05) is 0 Å². The van der Waals surface area contributed by atoms with Crippen molar-refractivity contribution in [2.45, 2.75) is 39.4 Å². The van der Waals surface area contributed by atoms with Gasteiger partial charge >= 0.3 is 0 Å². The van der Waals surface area contributed by atoms with E-state index in [1.807, 2.05) is 68.6 Å². The predicted octanol–water partition coefficient (Wildman–Crippen LogP) is 16.2. The summed E-state index contributed by atoms with van der Waals surface area (Å²) < 4.78 is 26.7. The van der Waals surface area contributed by atoms with Crippen LogP contribution in [0.4, 0.5) is 4.39 Å². The second kappa shape index (κ2) is 19.3. The topological polar surface area (TPSA) is 30.7 Å². The zero-order valence-electron chi connectivity index (χ0n) is 38.9. The first kappa shape index (κ1) is 44.2. The van der Waals surface area contributed by atoms with E-state index < -0.39 is 14.0 Å². The van der Waals surface area contributed by atoms with Crippen LogP contribution in [0.2, 0.25) is 19.6 Å². The minimum atomic E-state index is -1.50. The van der Waals surface area contributed by atoms with Gasteiger partial charge in [-0.15, -0.1) is 54.1 Å². The van der Waals surface area contributed by atoms with Crippen molar-refractivity contribution in [3.8, 4) is 61.7 Å². The van der Waals surface area contributed by atoms with Crippen LogP contribution in [0.5, 0.6) is 0 Å². The van der Waals surface area contributed by atoms with Gasteiger partial charge in [0.2, 0.25) is 0 Å². The summed E-state index contributed by atoms with van der Waals surface area (Å²) in [5.74, 6) is 0.00827. The number of hydrogen-bond donors (Lipinski definition) is 0. The van der Waals surface area contributed by atoms with Crippen LogP contribution in [-0.2, 0) is 20.1 Å². The van der Waals surface area contributed by atoms with Gasteiger partial charge in [0, 0.05) is 43.5 Å². The third-order valence-electron chi connectivity index (χ3n) is 12.1. The largest absolute Gasteiger partial charge is 0.332 e. The van der Waals surface area contributed by atoms with Gasteiger partial charge in [0.1, 0.15) is 5.82 Å². The number of aromatic nitrogens is 3. The smallest absolute Gasteiger partial charge is 0.123 e. The predicted molar refractivity (Wildman–Crippen MR) is 280 cm³/mol. The third-order valence-corrected chi connectivity index (χ3v) is 15.3. The number of fused-ring (bicyclic) bond motifs is 4. The number of pyridine rings is 1. The molecule has 11 aromatic rings. The maximum absolute atomic E-state index is 13.7. The zero-order chi connectivity index (χ0) is 46.3. The first-order valence-corrected chi connectivity index (χ1v) is 26.6. The molecule has 0 atom stereocenters. The van der Waals surface area contributed by atoms with Gasteiger partial charge in [0.05, 0.1) is 30.6 Å². The van der Waals surface area contributed by atoms with Crippen molar-refractivity contribution in [3.05, 3.63) is 218 Å². The monoisotopic (exact) mass is 1080 g/mol. The van der Waals surface area contributed by atoms with Crippen LogP contribution in [0.25, 0.3) is 92.9 Å². The Labute approximate surface area is 412 Å². The number of benzene rings is 8. The molecule has 331 valence electrons. The molecule has 0 unspecified atom stereocenters. The average molecular weight is 1080 g/mol. The Morgan fingerprint density at radius 2 is 1.30 bits per heavy atom. The minimum Gasteiger partial charge on any atom is -0.332 e. The van der Waals surface area contributed by atoms with Gasteiger partial charge in [-0.2, -0.15) is 11.3 Å². The van der Waals surface area contributed by atoms with E-state index in [-0.39, 0.29) is 25.9 Å². The molecule has 7 heteroatoms. The average Bonchev–Trinajstić information content (AvgIpc) is 3.93. The van der Waals surface area contributed by atoms with Gasteiger partial charge in [-0.3, -0.25) is 4.98 Å². The minimum absolute atomic E-state index is 0. The molecule has 3 nitrogen and oxygen atoms in total. The third kappa shape index (κ3) is 9.13. The van der Waals surface area contributed by atoms with Crippen LogP contribution in [0.1, 0.15) is 26.7 Å². The second-order valence-electron chi connectivity index (χ2n) is 17.8. The Morgan fingerprint density at radius 3 is 1.96 bits per heavy atom. The molecular formula is C60H48FIrN3SSi-2. The van der Waals surface area contributed by atoms with E-state index in [0.717, 1.165) is 83.0 Å². The van der Waals surface area contributed by atoms with Crippen LogP contribution in [0.15, 0.2) is 194 Å². The summed E-state index contributed by atoms with van der Waals surface area (Å²) in [7, 11) is -1.50. The summed E-state index contributed by atoms with van der Waals surface area (Å²) in [5, 5.41) is 3.63. The molecule has 1 radical (unpaired) electrons. The molecule has 3 heterocycles. The van der Waals surface area contributed by atoms with E-state index >= 15 is 0 Å². The quantitative estimate of drug-likeness (QED) is 0.112. The van der Waals surface area contributed by atoms with Crippen molar-refractivity contribution >= 4 is 55.8 Å². The summed E-state index contributed by atoms with van der Waals surface area (Å²) in [4.78, 5) is 9.94. The fourth-order valence-corrected chi connectivity index (χ4v) is 11.6. The molecule has 3 aromatic heterocycles. The molecule has 0 saturated heterocycles. The van der Waals surface area contributed by atoms with Crippen LogP contribution in [0, 0.1) is 17.9 Å². The molecule has 11 rings (SSSR count). The Kier molecular flexibility index (Phi) is 12.8. The number of halogens is 1. The van der Waals surface area contributed by atoms with Crippen molar-refractivity contribution in [1.29, 1.82) is 0 Å². The second-order valence-corrected chi connectivity index (χ2v) is 23.8. The van der Waals surface area contributed by atoms with E-state index in [4.69, 9.17) is 6.35 Å². The van der Waals surface area contributed by atoms with Gasteiger partial charge in [-0.25, -0.2) is 4.39 Å². The van der Waals surface area contributed by atoms with E-state index in [0.29, 0.717) is 0 Å². The van der Waals surface area contributed by atoms with Crippen molar-refractivity contribution < 1.29 is 25.9 Å². The molecule has 0 saturated carbocycles. The Bertz CT molecular complexity index is 3490. The Morgan fingerprint density at radius 1 is 0.642 bits per heavy atom. The fraction of sp³-hybridized carbons (Fsp3) is 0.100. The fourth-order valence-electron chi connectivity index (χ4n) is 8.80. The summed E-state index contributed by atoms with van der Waals surface area (Å²) >= 11 is 1.75. The molecular weight excluding hydrogens is 1030 g/mol. The maximum Gasteiger partial charge on any atom is 0.123 e. The van der Waals surface area contributed by atoms with Gasteiger partial charge in [-0.05, 0) is 79.4 Å². The van der Waals surface area contributed by atoms with Crippen LogP contribution >= 0.6 is 11.3 Å². The number of hydrogen-bond acceptors (Lipinski definition) is 3. The van der Waals surface area contributed by atoms with E-state index in [1.165, 1.54) is 32.8 Å². The molecule has 67 heavy (non-hydrogen) atoms. The standard InChI is InChI=1S/C43H26FN2S.C17H22NSi.Ir/c44-32-24-21-28(22-25-32)31-23-26-35-36-17-10-18-37(42(36)47-40(35)27-31)43-45-38-19-7-8-20-39(38)46(43)41-33(29-11-3-1-4-12-29)15-9-16-34(41)30-13-5-2-6-14-30;1-13(2)15-11-16(14-9-7-6-8-10-14)18-12-17(15)19(3,4)5;/h1-17,19-27H;6-9,11-13H,1-5H3;/q2*-1;/i;13D;.